The summed E-state index contributed by atoms with van der Waals surface area (Å²) in [7, 11) is 0. The maximum absolute atomic E-state index is 6.39. The van der Waals surface area contributed by atoms with Crippen molar-refractivity contribution in [2.75, 3.05) is 6.54 Å². The third-order valence-corrected chi connectivity index (χ3v) is 3.95. The van der Waals surface area contributed by atoms with Gasteiger partial charge in [-0.3, -0.25) is 4.90 Å². The summed E-state index contributed by atoms with van der Waals surface area (Å²) in [6.45, 7) is 9.83. The molecular weight excluding hydrogens is 256 g/mol. The molecule has 2 nitrogen and oxygen atoms in total. The molecule has 3 heteroatoms. The second kappa shape index (κ2) is 7.88. The lowest BCUT2D eigenvalue weighted by Gasteiger charge is -2.38. The summed E-state index contributed by atoms with van der Waals surface area (Å²) in [6.07, 6.45) is 2.07. The third-order valence-electron chi connectivity index (χ3n) is 3.60. The Bertz CT molecular complexity index is 379. The lowest BCUT2D eigenvalue weighted by molar-refractivity contribution is 0.130. The van der Waals surface area contributed by atoms with E-state index in [2.05, 4.69) is 38.7 Å². The Balaban J connectivity index is 3.17. The molecule has 1 rings (SSSR count). The number of rotatable bonds is 7. The van der Waals surface area contributed by atoms with Gasteiger partial charge in [0, 0.05) is 17.1 Å². The van der Waals surface area contributed by atoms with Crippen LogP contribution in [0.3, 0.4) is 0 Å². The third kappa shape index (κ3) is 4.20. The highest BCUT2D eigenvalue weighted by Crippen LogP contribution is 2.32. The molecule has 2 unspecified atom stereocenters. The number of halogens is 1. The highest BCUT2D eigenvalue weighted by Gasteiger charge is 2.28. The predicted molar refractivity (Wildman–Crippen MR) is 84.6 cm³/mol. The Morgan fingerprint density at radius 1 is 1.21 bits per heavy atom. The maximum atomic E-state index is 6.39. The van der Waals surface area contributed by atoms with E-state index in [1.54, 1.807) is 0 Å². The molecule has 0 fully saturated rings. The van der Waals surface area contributed by atoms with E-state index in [9.17, 15) is 0 Å². The molecule has 0 aliphatic rings. The summed E-state index contributed by atoms with van der Waals surface area (Å²) in [5, 5.41) is 0.818. The van der Waals surface area contributed by atoms with Gasteiger partial charge < -0.3 is 5.73 Å². The first-order valence-electron chi connectivity index (χ1n) is 7.28. The molecule has 1 aromatic carbocycles. The summed E-state index contributed by atoms with van der Waals surface area (Å²) in [6, 6.07) is 8.83. The first-order valence-corrected chi connectivity index (χ1v) is 7.66. The average molecular weight is 283 g/mol. The van der Waals surface area contributed by atoms with Gasteiger partial charge in [-0.05, 0) is 44.9 Å². The fourth-order valence-corrected chi connectivity index (χ4v) is 2.82. The zero-order valence-corrected chi connectivity index (χ0v) is 13.3. The van der Waals surface area contributed by atoms with E-state index in [1.807, 2.05) is 18.2 Å². The smallest absolute Gasteiger partial charge is 0.0516 e. The molecule has 0 amide bonds. The van der Waals surface area contributed by atoms with E-state index in [0.29, 0.717) is 6.04 Å². The molecule has 0 heterocycles. The lowest BCUT2D eigenvalue weighted by atomic mass is 9.95. The maximum Gasteiger partial charge on any atom is 0.0516 e. The first kappa shape index (κ1) is 16.5. The fourth-order valence-electron chi connectivity index (χ4n) is 2.57. The van der Waals surface area contributed by atoms with Gasteiger partial charge in [0.05, 0.1) is 6.04 Å². The van der Waals surface area contributed by atoms with E-state index in [-0.39, 0.29) is 12.1 Å². The SMILES string of the molecule is CCCN(C(C)C)C(c1ccccc1Cl)C(N)CC. The van der Waals surface area contributed by atoms with Crippen molar-refractivity contribution in [1.82, 2.24) is 4.90 Å². The predicted octanol–water partition coefficient (Wildman–Crippen LogP) is 4.24. The van der Waals surface area contributed by atoms with Crippen LogP contribution in [0.1, 0.15) is 52.1 Å². The van der Waals surface area contributed by atoms with Crippen molar-refractivity contribution >= 4 is 11.6 Å². The number of hydrogen-bond donors (Lipinski definition) is 1. The topological polar surface area (TPSA) is 29.3 Å². The van der Waals surface area contributed by atoms with Crippen molar-refractivity contribution < 1.29 is 0 Å². The Kier molecular flexibility index (Phi) is 6.84. The number of nitrogens with two attached hydrogens (primary N) is 1. The second-order valence-electron chi connectivity index (χ2n) is 5.37. The molecule has 2 atom stereocenters. The summed E-state index contributed by atoms with van der Waals surface area (Å²) in [4.78, 5) is 2.47. The molecular formula is C16H27ClN2. The number of nitrogens with zero attached hydrogens (tertiary/aromatic N) is 1. The van der Waals surface area contributed by atoms with Crippen LogP contribution in [0.2, 0.25) is 5.02 Å². The van der Waals surface area contributed by atoms with Crippen LogP contribution < -0.4 is 5.73 Å². The van der Waals surface area contributed by atoms with Gasteiger partial charge in [0.25, 0.3) is 0 Å². The quantitative estimate of drug-likeness (QED) is 0.810. The number of hydrogen-bond acceptors (Lipinski definition) is 2. The van der Waals surface area contributed by atoms with Crippen LogP contribution >= 0.6 is 11.6 Å². The molecule has 0 aromatic heterocycles. The Morgan fingerprint density at radius 2 is 1.84 bits per heavy atom. The Morgan fingerprint density at radius 3 is 2.32 bits per heavy atom. The normalized spacial score (nSPS) is 14.9. The van der Waals surface area contributed by atoms with E-state index in [4.69, 9.17) is 17.3 Å². The van der Waals surface area contributed by atoms with Crippen molar-refractivity contribution in [1.29, 1.82) is 0 Å². The van der Waals surface area contributed by atoms with E-state index in [1.165, 1.54) is 0 Å². The molecule has 0 radical (unpaired) electrons. The molecule has 0 saturated heterocycles. The summed E-state index contributed by atoms with van der Waals surface area (Å²) in [5.41, 5.74) is 7.54. The first-order chi connectivity index (χ1) is 9.02. The highest BCUT2D eigenvalue weighted by molar-refractivity contribution is 6.31. The summed E-state index contributed by atoms with van der Waals surface area (Å²) in [5.74, 6) is 0. The van der Waals surface area contributed by atoms with Gasteiger partial charge in [0.15, 0.2) is 0 Å². The summed E-state index contributed by atoms with van der Waals surface area (Å²) < 4.78 is 0. The largest absolute Gasteiger partial charge is 0.326 e. The van der Waals surface area contributed by atoms with Crippen molar-refractivity contribution in [3.05, 3.63) is 34.9 Å². The molecule has 0 saturated carbocycles. The van der Waals surface area contributed by atoms with Gasteiger partial charge in [-0.1, -0.05) is 43.6 Å². The monoisotopic (exact) mass is 282 g/mol. The molecule has 0 bridgehead atoms. The molecule has 2 N–H and O–H groups in total. The number of benzene rings is 1. The Labute approximate surface area is 122 Å². The zero-order valence-electron chi connectivity index (χ0n) is 12.6. The van der Waals surface area contributed by atoms with Crippen molar-refractivity contribution in [3.8, 4) is 0 Å². The fraction of sp³-hybridized carbons (Fsp3) is 0.625. The average Bonchev–Trinajstić information content (AvgIpc) is 2.39. The van der Waals surface area contributed by atoms with Gasteiger partial charge in [-0.25, -0.2) is 0 Å². The minimum atomic E-state index is 0.105. The molecule has 1 aromatic rings. The van der Waals surface area contributed by atoms with Crippen LogP contribution in [0.5, 0.6) is 0 Å². The van der Waals surface area contributed by atoms with Gasteiger partial charge in [-0.15, -0.1) is 0 Å². The summed E-state index contributed by atoms with van der Waals surface area (Å²) >= 11 is 6.39. The second-order valence-corrected chi connectivity index (χ2v) is 5.78. The van der Waals surface area contributed by atoms with Crippen molar-refractivity contribution in [2.24, 2.45) is 5.73 Å². The van der Waals surface area contributed by atoms with Crippen LogP contribution in [0, 0.1) is 0 Å². The van der Waals surface area contributed by atoms with Crippen LogP contribution in [0.4, 0.5) is 0 Å². The van der Waals surface area contributed by atoms with Gasteiger partial charge >= 0.3 is 0 Å². The van der Waals surface area contributed by atoms with Gasteiger partial charge in [-0.2, -0.15) is 0 Å². The zero-order chi connectivity index (χ0) is 14.4. The van der Waals surface area contributed by atoms with Gasteiger partial charge in [0.2, 0.25) is 0 Å². The molecule has 108 valence electrons. The standard InChI is InChI=1S/C16H27ClN2/c1-5-11-19(12(3)4)16(15(18)6-2)13-9-7-8-10-14(13)17/h7-10,12,15-16H,5-6,11,18H2,1-4H3. The molecule has 0 spiro atoms. The molecule has 0 aliphatic heterocycles. The van der Waals surface area contributed by atoms with Crippen LogP contribution in [0.25, 0.3) is 0 Å². The van der Waals surface area contributed by atoms with Crippen LogP contribution in [-0.2, 0) is 0 Å². The van der Waals surface area contributed by atoms with E-state index >= 15 is 0 Å². The van der Waals surface area contributed by atoms with E-state index in [0.717, 1.165) is 30.0 Å². The molecule has 0 aliphatic carbocycles. The minimum Gasteiger partial charge on any atom is -0.326 e. The van der Waals surface area contributed by atoms with E-state index < -0.39 is 0 Å². The lowest BCUT2D eigenvalue weighted by Crippen LogP contribution is -2.44. The van der Waals surface area contributed by atoms with Crippen molar-refractivity contribution in [2.45, 2.75) is 58.7 Å². The van der Waals surface area contributed by atoms with Crippen LogP contribution in [0.15, 0.2) is 24.3 Å². The Hall–Kier alpha value is -0.570. The van der Waals surface area contributed by atoms with Gasteiger partial charge in [0.1, 0.15) is 0 Å². The van der Waals surface area contributed by atoms with Crippen LogP contribution in [-0.4, -0.2) is 23.5 Å². The molecule has 19 heavy (non-hydrogen) atoms. The van der Waals surface area contributed by atoms with Crippen molar-refractivity contribution in [3.63, 3.8) is 0 Å². The highest BCUT2D eigenvalue weighted by atomic mass is 35.5. The minimum absolute atomic E-state index is 0.105.